The molecule has 2 aromatic heterocycles. The number of anilines is 1. The van der Waals surface area contributed by atoms with Gasteiger partial charge in [-0.3, -0.25) is 9.36 Å². The van der Waals surface area contributed by atoms with E-state index in [0.29, 0.717) is 26.1 Å². The summed E-state index contributed by atoms with van der Waals surface area (Å²) in [7, 11) is 1.00. The van der Waals surface area contributed by atoms with Gasteiger partial charge in [0.05, 0.1) is 21.6 Å². The molecule has 2 amide bonds. The molecule has 0 fully saturated rings. The van der Waals surface area contributed by atoms with E-state index in [4.69, 9.17) is 34.2 Å². The van der Waals surface area contributed by atoms with Crippen LogP contribution >= 0.6 is 39.1 Å². The third-order valence-corrected chi connectivity index (χ3v) is 5.68. The summed E-state index contributed by atoms with van der Waals surface area (Å²) in [6.45, 7) is 0. The van der Waals surface area contributed by atoms with Crippen LogP contribution in [0.1, 0.15) is 20.8 Å². The minimum Gasteiger partial charge on any atom is -0.590 e. The minimum atomic E-state index is -0.715. The van der Waals surface area contributed by atoms with Gasteiger partial charge in [-0.05, 0) is 45.6 Å². The molecule has 0 spiro atoms. The first-order valence-corrected chi connectivity index (χ1v) is 10.9. The summed E-state index contributed by atoms with van der Waals surface area (Å²) in [5, 5.41) is 11.7. The van der Waals surface area contributed by atoms with Crippen LogP contribution in [0, 0.1) is 0 Å². The molecule has 0 saturated heterocycles. The van der Waals surface area contributed by atoms with E-state index in [1.807, 2.05) is 6.07 Å². The number of halogens is 3. The second-order valence-electron chi connectivity index (χ2n) is 6.45. The number of fused-ring (bicyclic) bond motifs is 1. The van der Waals surface area contributed by atoms with E-state index in [9.17, 15) is 9.59 Å². The maximum absolute atomic E-state index is 13.2. The minimum absolute atomic E-state index is 0. The zero-order valence-corrected chi connectivity index (χ0v) is 23.6. The largest absolute Gasteiger partial charge is 0.590 e. The van der Waals surface area contributed by atoms with Gasteiger partial charge in [0.2, 0.25) is 0 Å². The molecule has 8 nitrogen and oxygen atoms in total. The van der Waals surface area contributed by atoms with E-state index in [1.165, 1.54) is 4.57 Å². The van der Waals surface area contributed by atoms with Crippen molar-refractivity contribution < 1.29 is 47.4 Å². The number of benzene rings is 2. The predicted molar refractivity (Wildman–Crippen MR) is 133 cm³/mol. The van der Waals surface area contributed by atoms with E-state index in [2.05, 4.69) is 31.7 Å². The number of aromatic nitrogens is 2. The van der Waals surface area contributed by atoms with Gasteiger partial charge in [-0.2, -0.15) is 0 Å². The van der Waals surface area contributed by atoms with Gasteiger partial charge in [-0.25, -0.2) is 4.98 Å². The van der Waals surface area contributed by atoms with Gasteiger partial charge in [0.1, 0.15) is 5.69 Å². The van der Waals surface area contributed by atoms with Crippen LogP contribution in [0.4, 0.5) is 5.69 Å². The molecule has 0 aliphatic carbocycles. The Hall–Kier alpha value is -1.85. The van der Waals surface area contributed by atoms with Crippen molar-refractivity contribution in [3.63, 3.8) is 0 Å². The summed E-state index contributed by atoms with van der Waals surface area (Å²) in [6, 6.07) is 13.7. The number of aliphatic hydroxyl groups is 1. The molecule has 34 heavy (non-hydrogen) atoms. The van der Waals surface area contributed by atoms with E-state index in [1.54, 1.807) is 54.9 Å². The van der Waals surface area contributed by atoms with Crippen molar-refractivity contribution in [2.45, 2.75) is 0 Å². The Bertz CT molecular complexity index is 1350. The molecular formula is C22H17BrCl2N5O3Y-. The molecule has 4 aromatic rings. The fourth-order valence-electron chi connectivity index (χ4n) is 3.18. The third kappa shape index (κ3) is 5.86. The Morgan fingerprint density at radius 3 is 2.53 bits per heavy atom. The fourth-order valence-corrected chi connectivity index (χ4v) is 4.13. The van der Waals surface area contributed by atoms with Gasteiger partial charge in [0, 0.05) is 67.6 Å². The van der Waals surface area contributed by atoms with Crippen molar-refractivity contribution in [1.82, 2.24) is 9.55 Å². The zero-order chi connectivity index (χ0) is 24.1. The number of nitrogens with zero attached hydrogens (tertiary/aromatic N) is 3. The van der Waals surface area contributed by atoms with Crippen LogP contribution in [0.25, 0.3) is 22.0 Å². The summed E-state index contributed by atoms with van der Waals surface area (Å²) < 4.78 is 2.17. The fraction of sp³-hybridized carbons (Fsp3) is 0.0455. The molecule has 0 aliphatic rings. The normalized spacial score (nSPS) is 10.1. The van der Waals surface area contributed by atoms with Gasteiger partial charge in [0.15, 0.2) is 5.82 Å². The second-order valence-corrected chi connectivity index (χ2v) is 8.15. The Morgan fingerprint density at radius 1 is 1.15 bits per heavy atom. The quantitative estimate of drug-likeness (QED) is 0.158. The molecule has 173 valence electrons. The van der Waals surface area contributed by atoms with Gasteiger partial charge in [0.25, 0.3) is 5.91 Å². The first-order chi connectivity index (χ1) is 15.9. The molecule has 0 saturated carbocycles. The summed E-state index contributed by atoms with van der Waals surface area (Å²) in [5.74, 6) is 4.34. The number of rotatable bonds is 4. The van der Waals surface area contributed by atoms with E-state index in [0.717, 1.165) is 7.11 Å². The monoisotopic (exact) mass is 637 g/mol. The summed E-state index contributed by atoms with van der Waals surface area (Å²) >= 11 is 16.2. The molecule has 0 atom stereocenters. The Balaban J connectivity index is 0.00000133. The molecule has 2 heterocycles. The third-order valence-electron chi connectivity index (χ3n) is 4.56. The number of nitrogens with two attached hydrogens (primary N) is 1. The van der Waals surface area contributed by atoms with Crippen molar-refractivity contribution in [3.8, 4) is 5.82 Å². The maximum atomic E-state index is 13.2. The maximum Gasteiger partial charge on any atom is 0.272 e. The second kappa shape index (κ2) is 12.7. The number of carbonyl (C=O) groups is 2. The number of carbonyl (C=O) groups excluding carboxylic acids is 2. The average Bonchev–Trinajstić information content (AvgIpc) is 3.23. The van der Waals surface area contributed by atoms with Crippen molar-refractivity contribution in [2.24, 2.45) is 5.84 Å². The number of amides is 2. The first-order valence-electron chi connectivity index (χ1n) is 9.32. The molecule has 1 radical (unpaired) electrons. The van der Waals surface area contributed by atoms with Crippen LogP contribution in [-0.2, 0) is 32.7 Å². The molecule has 0 bridgehead atoms. The van der Waals surface area contributed by atoms with Crippen LogP contribution in [0.3, 0.4) is 0 Å². The van der Waals surface area contributed by atoms with E-state index < -0.39 is 11.8 Å². The number of hydrogen-bond donors (Lipinski definition) is 3. The van der Waals surface area contributed by atoms with E-state index >= 15 is 0 Å². The van der Waals surface area contributed by atoms with Gasteiger partial charge in [-0.15, -0.1) is 0 Å². The van der Waals surface area contributed by atoms with Crippen LogP contribution in [-0.4, -0.2) is 33.6 Å². The van der Waals surface area contributed by atoms with Crippen LogP contribution in [0.2, 0.25) is 10.0 Å². The van der Waals surface area contributed by atoms with Crippen molar-refractivity contribution in [1.29, 1.82) is 0 Å². The molecule has 0 aliphatic heterocycles. The Labute approximate surface area is 238 Å². The first kappa shape index (κ1) is 28.4. The zero-order valence-electron chi connectivity index (χ0n) is 17.7. The number of aliphatic hydroxyl groups excluding tert-OH is 1. The molecule has 4 rings (SSSR count). The Morgan fingerprint density at radius 2 is 1.85 bits per heavy atom. The number of pyridine rings is 1. The topological polar surface area (TPSA) is 124 Å². The smallest absolute Gasteiger partial charge is 0.272 e. The summed E-state index contributed by atoms with van der Waals surface area (Å²) in [6.07, 6.45) is 3.23. The Kier molecular flexibility index (Phi) is 10.6. The van der Waals surface area contributed by atoms with Crippen molar-refractivity contribution in [2.75, 3.05) is 12.4 Å². The van der Waals surface area contributed by atoms with Crippen molar-refractivity contribution in [3.05, 3.63) is 92.1 Å². The number of hydrogen-bond acceptors (Lipinski definition) is 5. The summed E-state index contributed by atoms with van der Waals surface area (Å²) in [4.78, 5) is 29.8. The molecular weight excluding hydrogens is 622 g/mol. The van der Waals surface area contributed by atoms with Gasteiger partial charge in [-0.1, -0.05) is 47.5 Å². The van der Waals surface area contributed by atoms with Crippen LogP contribution in [0.5, 0.6) is 0 Å². The molecule has 0 unspecified atom stereocenters. The molecule has 2 aromatic carbocycles. The predicted octanol–water partition coefficient (Wildman–Crippen LogP) is 5.34. The van der Waals surface area contributed by atoms with Crippen molar-refractivity contribution >= 4 is 67.4 Å². The SMILES string of the molecule is CO.N[N-]C(=O)c1cc2ccccc2c(Cl)c1NC(=O)c1cc(Br)cn1-c1ncccc1Cl.[Y]. The van der Waals surface area contributed by atoms with Gasteiger partial charge < -0.3 is 26.5 Å². The van der Waals surface area contributed by atoms with Crippen LogP contribution in [0.15, 0.2) is 65.4 Å². The van der Waals surface area contributed by atoms with Crippen LogP contribution < -0.4 is 11.2 Å². The average molecular weight is 639 g/mol. The summed E-state index contributed by atoms with van der Waals surface area (Å²) in [5.41, 5.74) is 3.65. The van der Waals surface area contributed by atoms with E-state index in [-0.39, 0.29) is 54.7 Å². The standard InChI is InChI=1S/C21H14BrCl2N5O2.CH4O.Y/c22-12-9-16(29(10-12)19-15(23)6-3-7-26-19)21(31)27-18-14(20(30)28-25)8-11-4-1-2-5-13(11)17(18)24;1-2;/h1-10H,25H2,(H2,27,28,30,31);2H,1H3;/p-1. The molecule has 4 N–H and O–H groups in total. The molecule has 12 heteroatoms. The van der Waals surface area contributed by atoms with Gasteiger partial charge >= 0.3 is 0 Å². The number of nitrogens with one attached hydrogen (secondary N) is 1.